The molecule has 7 nitrogen and oxygen atoms in total. The highest BCUT2D eigenvalue weighted by molar-refractivity contribution is 7.91. The van der Waals surface area contributed by atoms with Gasteiger partial charge >= 0.3 is 0 Å². The van der Waals surface area contributed by atoms with Gasteiger partial charge in [-0.15, -0.1) is 15.0 Å². The fourth-order valence-electron chi connectivity index (χ4n) is 2.73. The molecule has 0 radical (unpaired) electrons. The lowest BCUT2D eigenvalue weighted by Gasteiger charge is -2.22. The molecule has 0 saturated carbocycles. The van der Waals surface area contributed by atoms with E-state index in [2.05, 4.69) is 10.2 Å². The smallest absolute Gasteiger partial charge is 0.207 e. The van der Waals surface area contributed by atoms with Gasteiger partial charge in [0.05, 0.1) is 17.2 Å². The Labute approximate surface area is 135 Å². The van der Waals surface area contributed by atoms with Crippen LogP contribution in [0.5, 0.6) is 0 Å². The molecule has 1 aromatic carbocycles. The van der Waals surface area contributed by atoms with Gasteiger partial charge in [-0.25, -0.2) is 8.42 Å². The van der Waals surface area contributed by atoms with E-state index in [9.17, 15) is 13.7 Å². The van der Waals surface area contributed by atoms with Crippen LogP contribution in [0.15, 0.2) is 24.3 Å². The summed E-state index contributed by atoms with van der Waals surface area (Å²) in [6.45, 7) is 1.97. The molecular weight excluding hydrogens is 314 g/mol. The Hall–Kier alpha value is -2.40. The van der Waals surface area contributed by atoms with E-state index in [1.165, 1.54) is 4.80 Å². The highest BCUT2D eigenvalue weighted by Crippen LogP contribution is 2.24. The first kappa shape index (κ1) is 15.5. The Bertz CT molecular complexity index is 882. The van der Waals surface area contributed by atoms with Gasteiger partial charge in [-0.2, -0.15) is 5.26 Å². The lowest BCUT2D eigenvalue weighted by molar-refractivity contribution is 0.600. The number of nitriles is 1. The van der Waals surface area contributed by atoms with Crippen LogP contribution in [0.1, 0.15) is 17.7 Å². The van der Waals surface area contributed by atoms with Crippen LogP contribution in [0.25, 0.3) is 5.69 Å². The summed E-state index contributed by atoms with van der Waals surface area (Å²) in [5, 5.41) is 17.9. The molecule has 1 fully saturated rings. The minimum atomic E-state index is -3.00. The Kier molecular flexibility index (Phi) is 3.82. The lowest BCUT2D eigenvalue weighted by atomic mass is 10.2. The Balaban J connectivity index is 1.95. The SMILES string of the molecule is Cc1cccc(-n2nc(C#N)c(N(C)C3CCS(=O)(=O)C3)n2)c1. The Morgan fingerprint density at radius 3 is 2.78 bits per heavy atom. The molecule has 1 saturated heterocycles. The third-order valence-corrected chi connectivity index (χ3v) is 5.78. The second-order valence-electron chi connectivity index (χ2n) is 5.78. The maximum Gasteiger partial charge on any atom is 0.207 e. The predicted octanol–water partition coefficient (Wildman–Crippen LogP) is 1.07. The van der Waals surface area contributed by atoms with E-state index in [4.69, 9.17) is 0 Å². The van der Waals surface area contributed by atoms with Crippen LogP contribution in [0.3, 0.4) is 0 Å². The third-order valence-electron chi connectivity index (χ3n) is 4.02. The number of rotatable bonds is 3. The first-order chi connectivity index (χ1) is 10.9. The molecule has 120 valence electrons. The van der Waals surface area contributed by atoms with Crippen molar-refractivity contribution in [3.8, 4) is 11.8 Å². The molecule has 0 amide bonds. The minimum absolute atomic E-state index is 0.0890. The van der Waals surface area contributed by atoms with E-state index < -0.39 is 9.84 Å². The second-order valence-corrected chi connectivity index (χ2v) is 8.01. The van der Waals surface area contributed by atoms with Gasteiger partial charge in [0, 0.05) is 13.1 Å². The van der Waals surface area contributed by atoms with Crippen LogP contribution in [-0.2, 0) is 9.84 Å². The monoisotopic (exact) mass is 331 g/mol. The van der Waals surface area contributed by atoms with Crippen molar-refractivity contribution < 1.29 is 8.42 Å². The maximum atomic E-state index is 11.7. The van der Waals surface area contributed by atoms with E-state index in [1.807, 2.05) is 37.3 Å². The zero-order chi connectivity index (χ0) is 16.6. The van der Waals surface area contributed by atoms with E-state index >= 15 is 0 Å². The standard InChI is InChI=1S/C15H17N5O2S/c1-11-4-3-5-12(8-11)20-17-14(9-16)15(18-20)19(2)13-6-7-23(21,22)10-13/h3-5,8,13H,6-7,10H2,1-2H3. The largest absolute Gasteiger partial charge is 0.352 e. The molecular formula is C15H17N5O2S. The molecule has 3 rings (SSSR count). The van der Waals surface area contributed by atoms with Crippen molar-refractivity contribution in [3.05, 3.63) is 35.5 Å². The number of anilines is 1. The summed E-state index contributed by atoms with van der Waals surface area (Å²) in [7, 11) is -1.24. The van der Waals surface area contributed by atoms with Gasteiger partial charge in [0.15, 0.2) is 15.7 Å². The van der Waals surface area contributed by atoms with Crippen molar-refractivity contribution in [1.82, 2.24) is 15.0 Å². The quantitative estimate of drug-likeness (QED) is 0.835. The number of hydrogen-bond acceptors (Lipinski definition) is 6. The first-order valence-electron chi connectivity index (χ1n) is 7.27. The fraction of sp³-hybridized carbons (Fsp3) is 0.400. The molecule has 1 atom stereocenters. The molecule has 1 unspecified atom stereocenters. The lowest BCUT2D eigenvalue weighted by Crippen LogP contribution is -2.33. The van der Waals surface area contributed by atoms with Gasteiger partial charge in [0.25, 0.3) is 0 Å². The number of sulfone groups is 1. The highest BCUT2D eigenvalue weighted by Gasteiger charge is 2.33. The van der Waals surface area contributed by atoms with Crippen LogP contribution in [0.4, 0.5) is 5.82 Å². The van der Waals surface area contributed by atoms with Gasteiger partial charge in [-0.05, 0) is 31.0 Å². The number of benzene rings is 1. The molecule has 2 aromatic rings. The van der Waals surface area contributed by atoms with Crippen molar-refractivity contribution in [2.24, 2.45) is 0 Å². The van der Waals surface area contributed by atoms with Gasteiger partial charge in [-0.3, -0.25) is 0 Å². The zero-order valence-electron chi connectivity index (χ0n) is 13.0. The Morgan fingerprint density at radius 2 is 2.17 bits per heavy atom. The summed E-state index contributed by atoms with van der Waals surface area (Å²) in [6.07, 6.45) is 0.543. The molecule has 2 heterocycles. The van der Waals surface area contributed by atoms with Gasteiger partial charge in [0.2, 0.25) is 5.69 Å². The Morgan fingerprint density at radius 1 is 1.39 bits per heavy atom. The normalized spacial score (nSPS) is 19.4. The summed E-state index contributed by atoms with van der Waals surface area (Å²) in [5.74, 6) is 0.679. The average molecular weight is 331 g/mol. The first-order valence-corrected chi connectivity index (χ1v) is 9.09. The highest BCUT2D eigenvalue weighted by atomic mass is 32.2. The maximum absolute atomic E-state index is 11.7. The zero-order valence-corrected chi connectivity index (χ0v) is 13.8. The number of aromatic nitrogens is 3. The summed E-state index contributed by atoms with van der Waals surface area (Å²) < 4.78 is 23.3. The van der Waals surface area contributed by atoms with Crippen LogP contribution >= 0.6 is 0 Å². The third kappa shape index (κ3) is 3.05. The van der Waals surface area contributed by atoms with Crippen LogP contribution in [0.2, 0.25) is 0 Å². The molecule has 1 aliphatic heterocycles. The van der Waals surface area contributed by atoms with E-state index in [1.54, 1.807) is 11.9 Å². The minimum Gasteiger partial charge on any atom is -0.352 e. The molecule has 1 aromatic heterocycles. The van der Waals surface area contributed by atoms with Crippen molar-refractivity contribution in [2.45, 2.75) is 19.4 Å². The molecule has 1 aliphatic rings. The molecule has 23 heavy (non-hydrogen) atoms. The molecule has 8 heteroatoms. The number of hydrogen-bond donors (Lipinski definition) is 0. The van der Waals surface area contributed by atoms with E-state index in [-0.39, 0.29) is 23.2 Å². The van der Waals surface area contributed by atoms with Crippen molar-refractivity contribution in [3.63, 3.8) is 0 Å². The van der Waals surface area contributed by atoms with Crippen LogP contribution < -0.4 is 4.90 Å². The van der Waals surface area contributed by atoms with Crippen molar-refractivity contribution in [1.29, 1.82) is 5.26 Å². The molecule has 0 N–H and O–H groups in total. The predicted molar refractivity (Wildman–Crippen MR) is 86.3 cm³/mol. The van der Waals surface area contributed by atoms with Crippen molar-refractivity contribution in [2.75, 3.05) is 23.5 Å². The number of aryl methyl sites for hydroxylation is 1. The molecule has 0 aliphatic carbocycles. The van der Waals surface area contributed by atoms with E-state index in [0.717, 1.165) is 11.3 Å². The summed E-state index contributed by atoms with van der Waals surface area (Å²) in [4.78, 5) is 3.17. The fourth-order valence-corrected chi connectivity index (χ4v) is 4.50. The number of nitrogens with zero attached hydrogens (tertiary/aromatic N) is 5. The van der Waals surface area contributed by atoms with Crippen molar-refractivity contribution >= 4 is 15.7 Å². The molecule has 0 bridgehead atoms. The summed E-state index contributed by atoms with van der Waals surface area (Å²) >= 11 is 0. The summed E-state index contributed by atoms with van der Waals surface area (Å²) in [6, 6.07) is 9.51. The van der Waals surface area contributed by atoms with Gasteiger partial charge < -0.3 is 4.90 Å². The topological polar surface area (TPSA) is 91.9 Å². The van der Waals surface area contributed by atoms with Crippen LogP contribution in [0, 0.1) is 18.3 Å². The van der Waals surface area contributed by atoms with E-state index in [0.29, 0.717) is 12.2 Å². The second kappa shape index (κ2) is 5.66. The van der Waals surface area contributed by atoms with Gasteiger partial charge in [-0.1, -0.05) is 12.1 Å². The van der Waals surface area contributed by atoms with Crippen LogP contribution in [-0.4, -0.2) is 48.0 Å². The van der Waals surface area contributed by atoms with Gasteiger partial charge in [0.1, 0.15) is 6.07 Å². The average Bonchev–Trinajstić information content (AvgIpc) is 3.09. The summed E-state index contributed by atoms with van der Waals surface area (Å²) in [5.41, 5.74) is 2.02. The molecule has 0 spiro atoms.